The number of unbranched alkanes of at least 4 members (excludes halogenated alkanes) is 11. The van der Waals surface area contributed by atoms with Gasteiger partial charge in [0.25, 0.3) is 0 Å². The second kappa shape index (κ2) is 24.6. The standard InChI is InChI=1S/C36H59NO4S/c1-2-3-4-5-6-7-8-9-10-11-12-13-14-15-16-17-35(38)41-31-34-20-18-33(19-21-34)30-36(39)40-28-24-32-22-25-37(26-23-32)27-29-42/h9-10,18-21,32,42H,2-8,11-17,22-31H2,1H3/b10-9-. The van der Waals surface area contributed by atoms with Gasteiger partial charge in [0, 0.05) is 18.7 Å². The first-order chi connectivity index (χ1) is 20.6. The fraction of sp³-hybridized carbons (Fsp3) is 0.722. The Morgan fingerprint density at radius 2 is 1.40 bits per heavy atom. The van der Waals surface area contributed by atoms with E-state index in [0.29, 0.717) is 18.9 Å². The largest absolute Gasteiger partial charge is 0.465 e. The van der Waals surface area contributed by atoms with Gasteiger partial charge in [-0.2, -0.15) is 12.6 Å². The van der Waals surface area contributed by atoms with Crippen LogP contribution in [0.1, 0.15) is 127 Å². The van der Waals surface area contributed by atoms with E-state index >= 15 is 0 Å². The maximum atomic E-state index is 12.3. The van der Waals surface area contributed by atoms with Crippen LogP contribution in [0.2, 0.25) is 0 Å². The lowest BCUT2D eigenvalue weighted by atomic mass is 9.94. The molecule has 1 fully saturated rings. The monoisotopic (exact) mass is 601 g/mol. The van der Waals surface area contributed by atoms with Gasteiger partial charge in [-0.05, 0) is 81.5 Å². The topological polar surface area (TPSA) is 55.8 Å². The number of ether oxygens (including phenoxy) is 2. The van der Waals surface area contributed by atoms with Crippen molar-refractivity contribution in [3.8, 4) is 0 Å². The quantitative estimate of drug-likeness (QED) is 0.0555. The first-order valence-corrected chi connectivity index (χ1v) is 17.6. The highest BCUT2D eigenvalue weighted by molar-refractivity contribution is 7.80. The van der Waals surface area contributed by atoms with Gasteiger partial charge in [-0.3, -0.25) is 9.59 Å². The normalized spacial score (nSPS) is 14.4. The average molecular weight is 602 g/mol. The maximum Gasteiger partial charge on any atom is 0.310 e. The van der Waals surface area contributed by atoms with E-state index in [2.05, 4.69) is 36.6 Å². The van der Waals surface area contributed by atoms with Crippen LogP contribution in [0, 0.1) is 5.92 Å². The molecule has 1 heterocycles. The molecule has 1 aliphatic heterocycles. The zero-order valence-corrected chi connectivity index (χ0v) is 27.4. The Balaban J connectivity index is 1.42. The number of hydrogen-bond acceptors (Lipinski definition) is 6. The summed E-state index contributed by atoms with van der Waals surface area (Å²) >= 11 is 4.31. The van der Waals surface area contributed by atoms with Gasteiger partial charge < -0.3 is 14.4 Å². The number of nitrogens with zero attached hydrogens (tertiary/aromatic N) is 1. The highest BCUT2D eigenvalue weighted by Gasteiger charge is 2.19. The van der Waals surface area contributed by atoms with E-state index in [-0.39, 0.29) is 25.0 Å². The molecule has 0 saturated carbocycles. The first kappa shape index (κ1) is 36.4. The minimum absolute atomic E-state index is 0.132. The summed E-state index contributed by atoms with van der Waals surface area (Å²) < 4.78 is 11.0. The van der Waals surface area contributed by atoms with Crippen LogP contribution < -0.4 is 0 Å². The molecule has 1 aromatic carbocycles. The third-order valence-corrected chi connectivity index (χ3v) is 8.53. The lowest BCUT2D eigenvalue weighted by Gasteiger charge is -2.31. The molecule has 2 rings (SSSR count). The lowest BCUT2D eigenvalue weighted by Crippen LogP contribution is -2.35. The van der Waals surface area contributed by atoms with E-state index < -0.39 is 0 Å². The van der Waals surface area contributed by atoms with Crippen LogP contribution in [0.25, 0.3) is 0 Å². The fourth-order valence-electron chi connectivity index (χ4n) is 5.53. The van der Waals surface area contributed by atoms with Crippen LogP contribution in [0.4, 0.5) is 0 Å². The molecule has 1 aromatic rings. The fourth-order valence-corrected chi connectivity index (χ4v) is 5.81. The van der Waals surface area contributed by atoms with Gasteiger partial charge in [-0.25, -0.2) is 0 Å². The number of carbonyl (C=O) groups excluding carboxylic acids is 2. The van der Waals surface area contributed by atoms with Gasteiger partial charge in [-0.15, -0.1) is 0 Å². The summed E-state index contributed by atoms with van der Waals surface area (Å²) in [5.74, 6) is 1.24. The van der Waals surface area contributed by atoms with Crippen LogP contribution >= 0.6 is 12.6 Å². The minimum Gasteiger partial charge on any atom is -0.465 e. The van der Waals surface area contributed by atoms with Gasteiger partial charge in [0.1, 0.15) is 6.61 Å². The molecule has 0 unspecified atom stereocenters. The van der Waals surface area contributed by atoms with Crippen molar-refractivity contribution in [1.82, 2.24) is 4.90 Å². The molecule has 1 aliphatic rings. The van der Waals surface area contributed by atoms with Crippen LogP contribution in [-0.4, -0.2) is 48.8 Å². The Morgan fingerprint density at radius 3 is 2.05 bits per heavy atom. The number of esters is 2. The molecule has 0 spiro atoms. The van der Waals surface area contributed by atoms with Crippen molar-refractivity contribution in [3.63, 3.8) is 0 Å². The second-order valence-corrected chi connectivity index (χ2v) is 12.5. The Hall–Kier alpha value is -1.79. The molecule has 42 heavy (non-hydrogen) atoms. The van der Waals surface area contributed by atoms with Crippen LogP contribution in [0.5, 0.6) is 0 Å². The summed E-state index contributed by atoms with van der Waals surface area (Å²) in [6.07, 6.45) is 25.0. The number of thiol groups is 1. The van der Waals surface area contributed by atoms with Crippen molar-refractivity contribution in [2.75, 3.05) is 32.0 Å². The zero-order valence-electron chi connectivity index (χ0n) is 26.5. The molecule has 0 aromatic heterocycles. The van der Waals surface area contributed by atoms with Crippen LogP contribution in [-0.2, 0) is 32.1 Å². The molecular weight excluding hydrogens is 542 g/mol. The van der Waals surface area contributed by atoms with Crippen LogP contribution in [0.3, 0.4) is 0 Å². The summed E-state index contributed by atoms with van der Waals surface area (Å²) in [5, 5.41) is 0. The smallest absolute Gasteiger partial charge is 0.310 e. The number of piperidine rings is 1. The van der Waals surface area contributed by atoms with Crippen molar-refractivity contribution >= 4 is 24.6 Å². The third kappa shape index (κ3) is 18.7. The Morgan fingerprint density at radius 1 is 0.810 bits per heavy atom. The summed E-state index contributed by atoms with van der Waals surface area (Å²) in [6.45, 7) is 6.35. The Bertz CT molecular complexity index is 848. The van der Waals surface area contributed by atoms with Crippen molar-refractivity contribution in [1.29, 1.82) is 0 Å². The van der Waals surface area contributed by atoms with E-state index in [1.54, 1.807) is 0 Å². The van der Waals surface area contributed by atoms with E-state index in [4.69, 9.17) is 9.47 Å². The van der Waals surface area contributed by atoms with E-state index in [1.165, 1.54) is 83.5 Å². The van der Waals surface area contributed by atoms with Crippen molar-refractivity contribution in [3.05, 3.63) is 47.5 Å². The predicted molar refractivity (Wildman–Crippen MR) is 178 cm³/mol. The molecule has 238 valence electrons. The predicted octanol–water partition coefficient (Wildman–Crippen LogP) is 8.88. The SMILES string of the molecule is CCCCCCCC/C=C\CCCCCCCC(=O)OCc1ccc(CC(=O)OCCC2CCN(CCS)CC2)cc1. The molecule has 5 nitrogen and oxygen atoms in total. The molecule has 1 saturated heterocycles. The molecule has 0 amide bonds. The average Bonchev–Trinajstić information content (AvgIpc) is 3.00. The van der Waals surface area contributed by atoms with Crippen molar-refractivity contribution < 1.29 is 19.1 Å². The van der Waals surface area contributed by atoms with Gasteiger partial charge in [0.2, 0.25) is 0 Å². The number of likely N-dealkylation sites (tertiary alicyclic amines) is 1. The summed E-state index contributed by atoms with van der Waals surface area (Å²) in [6, 6.07) is 7.70. The van der Waals surface area contributed by atoms with E-state index in [0.717, 1.165) is 55.8 Å². The maximum absolute atomic E-state index is 12.3. The number of benzene rings is 1. The van der Waals surface area contributed by atoms with Gasteiger partial charge in [-0.1, -0.05) is 94.7 Å². The first-order valence-electron chi connectivity index (χ1n) is 17.0. The molecule has 0 radical (unpaired) electrons. The molecule has 0 N–H and O–H groups in total. The van der Waals surface area contributed by atoms with E-state index in [9.17, 15) is 9.59 Å². The minimum atomic E-state index is -0.179. The summed E-state index contributed by atoms with van der Waals surface area (Å²) in [7, 11) is 0. The van der Waals surface area contributed by atoms with E-state index in [1.807, 2.05) is 24.3 Å². The highest BCUT2D eigenvalue weighted by atomic mass is 32.1. The molecule has 6 heteroatoms. The number of hydrogen-bond donors (Lipinski definition) is 1. The van der Waals surface area contributed by atoms with Gasteiger partial charge >= 0.3 is 11.9 Å². The highest BCUT2D eigenvalue weighted by Crippen LogP contribution is 2.20. The lowest BCUT2D eigenvalue weighted by molar-refractivity contribution is -0.145. The van der Waals surface area contributed by atoms with Gasteiger partial charge in [0.05, 0.1) is 13.0 Å². The summed E-state index contributed by atoms with van der Waals surface area (Å²) in [4.78, 5) is 26.8. The molecular formula is C36H59NO4S. The van der Waals surface area contributed by atoms with Gasteiger partial charge in [0.15, 0.2) is 0 Å². The van der Waals surface area contributed by atoms with Crippen LogP contribution in [0.15, 0.2) is 36.4 Å². The second-order valence-electron chi connectivity index (χ2n) is 12.0. The third-order valence-electron chi connectivity index (χ3n) is 8.33. The number of allylic oxidation sites excluding steroid dienone is 2. The Kier molecular flexibility index (Phi) is 21.3. The van der Waals surface area contributed by atoms with Crippen molar-refractivity contribution in [2.45, 2.75) is 129 Å². The molecule has 0 aliphatic carbocycles. The zero-order chi connectivity index (χ0) is 30.1. The number of rotatable bonds is 24. The molecule has 0 atom stereocenters. The summed E-state index contributed by atoms with van der Waals surface area (Å²) in [5.41, 5.74) is 1.86. The Labute approximate surface area is 262 Å². The number of carbonyl (C=O) groups is 2. The van der Waals surface area contributed by atoms with Crippen molar-refractivity contribution in [2.24, 2.45) is 5.92 Å². The molecule has 0 bridgehead atoms.